The normalized spacial score (nSPS) is 26.0. The summed E-state index contributed by atoms with van der Waals surface area (Å²) in [6, 6.07) is 8.65. The molecule has 2 atom stereocenters. The van der Waals surface area contributed by atoms with Crippen LogP contribution in [-0.4, -0.2) is 47.3 Å². The van der Waals surface area contributed by atoms with E-state index < -0.39 is 0 Å². The quantitative estimate of drug-likeness (QED) is 0.827. The van der Waals surface area contributed by atoms with E-state index in [1.807, 2.05) is 4.90 Å². The van der Waals surface area contributed by atoms with Crippen molar-refractivity contribution in [3.8, 4) is 0 Å². The number of rotatable bonds is 5. The van der Waals surface area contributed by atoms with Crippen LogP contribution in [0.1, 0.15) is 43.2 Å². The zero-order chi connectivity index (χ0) is 17.4. The fourth-order valence-electron chi connectivity index (χ4n) is 4.23. The molecule has 1 saturated carbocycles. The summed E-state index contributed by atoms with van der Waals surface area (Å²) in [4.78, 5) is 29.6. The first-order valence-electron chi connectivity index (χ1n) is 9.74. The van der Waals surface area contributed by atoms with E-state index in [-0.39, 0.29) is 17.9 Å². The minimum absolute atomic E-state index is 0.0285. The van der Waals surface area contributed by atoms with Gasteiger partial charge in [0, 0.05) is 32.1 Å². The van der Waals surface area contributed by atoms with Gasteiger partial charge in [0.25, 0.3) is 0 Å². The molecule has 1 aliphatic carbocycles. The number of hydrogen-bond acceptors (Lipinski definition) is 2. The number of carbonyl (C=O) groups is 2. The third-order valence-corrected chi connectivity index (χ3v) is 6.05. The highest BCUT2D eigenvalue weighted by Crippen LogP contribution is 2.35. The number of nitrogens with zero attached hydrogens (tertiary/aromatic N) is 2. The lowest BCUT2D eigenvalue weighted by atomic mass is 9.94. The molecule has 4 nitrogen and oxygen atoms in total. The van der Waals surface area contributed by atoms with Gasteiger partial charge in [-0.25, -0.2) is 0 Å². The van der Waals surface area contributed by atoms with Crippen LogP contribution in [0.2, 0.25) is 0 Å². The second-order valence-electron chi connectivity index (χ2n) is 8.15. The van der Waals surface area contributed by atoms with Crippen molar-refractivity contribution < 1.29 is 9.59 Å². The standard InChI is InChI=1S/C21H28N2O2/c1-15-2-4-16(5-3-15)8-11-20(24)22-13-18-9-10-19(14-22)23(21(18)25)12-17-6-7-17/h2-5,17-19H,6-14H2,1H3/t18-,19+/m1/s1. The number of piperidine rings is 1. The summed E-state index contributed by atoms with van der Waals surface area (Å²) in [5, 5.41) is 0. The van der Waals surface area contributed by atoms with Gasteiger partial charge in [-0.15, -0.1) is 0 Å². The highest BCUT2D eigenvalue weighted by atomic mass is 16.2. The third kappa shape index (κ3) is 3.73. The summed E-state index contributed by atoms with van der Waals surface area (Å²) in [7, 11) is 0. The van der Waals surface area contributed by atoms with Crippen LogP contribution in [-0.2, 0) is 16.0 Å². The Bertz CT molecular complexity index is 650. The molecule has 4 heteroatoms. The summed E-state index contributed by atoms with van der Waals surface area (Å²) in [5.74, 6) is 1.25. The predicted octanol–water partition coefficient (Wildman–Crippen LogP) is 2.79. The Morgan fingerprint density at radius 2 is 1.84 bits per heavy atom. The molecule has 0 spiro atoms. The van der Waals surface area contributed by atoms with Gasteiger partial charge in [0.2, 0.25) is 11.8 Å². The molecule has 2 amide bonds. The van der Waals surface area contributed by atoms with Crippen LogP contribution >= 0.6 is 0 Å². The minimum atomic E-state index is 0.0285. The van der Waals surface area contributed by atoms with Crippen molar-refractivity contribution in [1.29, 1.82) is 0 Å². The van der Waals surface area contributed by atoms with E-state index in [1.165, 1.54) is 24.0 Å². The Labute approximate surface area is 150 Å². The molecular formula is C21H28N2O2. The van der Waals surface area contributed by atoms with Crippen molar-refractivity contribution in [2.24, 2.45) is 11.8 Å². The van der Waals surface area contributed by atoms with Crippen molar-refractivity contribution in [3.05, 3.63) is 35.4 Å². The second kappa shape index (κ2) is 6.81. The fourth-order valence-corrected chi connectivity index (χ4v) is 4.23. The van der Waals surface area contributed by atoms with Crippen molar-refractivity contribution in [1.82, 2.24) is 9.80 Å². The second-order valence-corrected chi connectivity index (χ2v) is 8.15. The monoisotopic (exact) mass is 340 g/mol. The highest BCUT2D eigenvalue weighted by molar-refractivity contribution is 5.83. The third-order valence-electron chi connectivity index (χ3n) is 6.05. The summed E-state index contributed by atoms with van der Waals surface area (Å²) < 4.78 is 0. The van der Waals surface area contributed by atoms with Crippen LogP contribution in [0.5, 0.6) is 0 Å². The molecule has 0 radical (unpaired) electrons. The molecule has 4 aliphatic rings. The first kappa shape index (κ1) is 16.6. The Morgan fingerprint density at radius 1 is 1.08 bits per heavy atom. The average molecular weight is 340 g/mol. The molecule has 4 fully saturated rings. The number of hydrogen-bond donors (Lipinski definition) is 0. The van der Waals surface area contributed by atoms with Gasteiger partial charge < -0.3 is 9.80 Å². The molecule has 134 valence electrons. The summed E-state index contributed by atoms with van der Waals surface area (Å²) in [6.07, 6.45) is 5.86. The van der Waals surface area contributed by atoms with E-state index in [0.717, 1.165) is 32.4 Å². The molecule has 5 rings (SSSR count). The smallest absolute Gasteiger partial charge is 0.227 e. The average Bonchev–Trinajstić information content (AvgIpc) is 3.44. The summed E-state index contributed by atoms with van der Waals surface area (Å²) in [5.41, 5.74) is 2.46. The number of amides is 2. The van der Waals surface area contributed by atoms with Crippen molar-refractivity contribution in [3.63, 3.8) is 0 Å². The summed E-state index contributed by atoms with van der Waals surface area (Å²) >= 11 is 0. The van der Waals surface area contributed by atoms with Gasteiger partial charge in [-0.05, 0) is 50.5 Å². The van der Waals surface area contributed by atoms with Crippen molar-refractivity contribution in [2.75, 3.05) is 19.6 Å². The van der Waals surface area contributed by atoms with Crippen molar-refractivity contribution >= 4 is 11.8 Å². The summed E-state index contributed by atoms with van der Waals surface area (Å²) in [6.45, 7) is 4.36. The molecule has 1 aromatic rings. The molecule has 1 aromatic carbocycles. The lowest BCUT2D eigenvalue weighted by Gasteiger charge is -2.36. The van der Waals surface area contributed by atoms with Gasteiger partial charge >= 0.3 is 0 Å². The van der Waals surface area contributed by atoms with Crippen LogP contribution in [0, 0.1) is 18.8 Å². The first-order valence-corrected chi connectivity index (χ1v) is 9.74. The lowest BCUT2D eigenvalue weighted by molar-refractivity contribution is -0.140. The first-order chi connectivity index (χ1) is 12.1. The van der Waals surface area contributed by atoms with Gasteiger partial charge in [-0.2, -0.15) is 0 Å². The van der Waals surface area contributed by atoms with Crippen LogP contribution in [0.25, 0.3) is 0 Å². The van der Waals surface area contributed by atoms with Gasteiger partial charge in [0.05, 0.1) is 5.92 Å². The molecule has 0 aromatic heterocycles. The topological polar surface area (TPSA) is 40.6 Å². The SMILES string of the molecule is Cc1ccc(CCC(=O)N2C[C@H]3CC[C@@H](C2)N(CC2CC2)C3=O)cc1. The van der Waals surface area contributed by atoms with Crippen LogP contribution in [0.4, 0.5) is 0 Å². The number of fused-ring (bicyclic) bond motifs is 4. The number of carbonyl (C=O) groups excluding carboxylic acids is 2. The maximum atomic E-state index is 12.8. The van der Waals surface area contributed by atoms with Gasteiger partial charge in [0.1, 0.15) is 0 Å². The molecule has 3 heterocycles. The van der Waals surface area contributed by atoms with Crippen LogP contribution in [0.3, 0.4) is 0 Å². The van der Waals surface area contributed by atoms with E-state index in [0.29, 0.717) is 24.8 Å². The molecule has 3 saturated heterocycles. The molecule has 3 aliphatic heterocycles. The fraction of sp³-hybridized carbons (Fsp3) is 0.619. The van der Waals surface area contributed by atoms with Crippen LogP contribution < -0.4 is 0 Å². The Hall–Kier alpha value is -1.84. The van der Waals surface area contributed by atoms with E-state index in [2.05, 4.69) is 36.1 Å². The Morgan fingerprint density at radius 3 is 2.56 bits per heavy atom. The predicted molar refractivity (Wildman–Crippen MR) is 97.0 cm³/mol. The van der Waals surface area contributed by atoms with E-state index >= 15 is 0 Å². The van der Waals surface area contributed by atoms with Crippen molar-refractivity contribution in [2.45, 2.75) is 51.5 Å². The molecule has 0 unspecified atom stereocenters. The van der Waals surface area contributed by atoms with E-state index in [1.54, 1.807) is 0 Å². The lowest BCUT2D eigenvalue weighted by Crippen LogP contribution is -2.48. The van der Waals surface area contributed by atoms with E-state index in [4.69, 9.17) is 0 Å². The zero-order valence-electron chi connectivity index (χ0n) is 15.1. The number of benzene rings is 1. The zero-order valence-corrected chi connectivity index (χ0v) is 15.1. The van der Waals surface area contributed by atoms with Gasteiger partial charge in [0.15, 0.2) is 0 Å². The van der Waals surface area contributed by atoms with Crippen LogP contribution in [0.15, 0.2) is 24.3 Å². The molecule has 2 bridgehead atoms. The highest BCUT2D eigenvalue weighted by Gasteiger charge is 2.43. The largest absolute Gasteiger partial charge is 0.340 e. The van der Waals surface area contributed by atoms with Gasteiger partial charge in [-0.3, -0.25) is 9.59 Å². The van der Waals surface area contributed by atoms with E-state index in [9.17, 15) is 9.59 Å². The molecular weight excluding hydrogens is 312 g/mol. The molecule has 25 heavy (non-hydrogen) atoms. The number of aryl methyl sites for hydroxylation is 2. The maximum Gasteiger partial charge on any atom is 0.227 e. The maximum absolute atomic E-state index is 12.8. The van der Waals surface area contributed by atoms with Gasteiger partial charge in [-0.1, -0.05) is 29.8 Å². The minimum Gasteiger partial charge on any atom is -0.340 e. The Kier molecular flexibility index (Phi) is 4.53. The molecule has 0 N–H and O–H groups in total. The Balaban J connectivity index is 1.38.